The summed E-state index contributed by atoms with van der Waals surface area (Å²) in [5.74, 6) is 0.617. The highest BCUT2D eigenvalue weighted by Gasteiger charge is 2.24. The second kappa shape index (κ2) is 8.37. The van der Waals surface area contributed by atoms with Crippen LogP contribution in [0.25, 0.3) is 21.6 Å². The minimum absolute atomic E-state index is 0.0632. The molecular formula is C21H22N4O4S2. The average molecular weight is 459 g/mol. The number of fused-ring (bicyclic) bond motifs is 1. The van der Waals surface area contributed by atoms with Gasteiger partial charge in [-0.05, 0) is 37.1 Å². The average Bonchev–Trinajstić information content (AvgIpc) is 3.32. The molecule has 0 atom stereocenters. The third kappa shape index (κ3) is 4.06. The molecular weight excluding hydrogens is 436 g/mol. The Morgan fingerprint density at radius 1 is 1.19 bits per heavy atom. The molecule has 0 fully saturated rings. The number of thiazole rings is 1. The minimum atomic E-state index is -3.81. The Morgan fingerprint density at radius 2 is 1.97 bits per heavy atom. The maximum atomic E-state index is 13.1. The van der Waals surface area contributed by atoms with Crippen LogP contribution in [0.3, 0.4) is 0 Å². The number of rotatable bonds is 7. The van der Waals surface area contributed by atoms with Crippen molar-refractivity contribution < 1.29 is 12.9 Å². The van der Waals surface area contributed by atoms with Crippen molar-refractivity contribution in [3.63, 3.8) is 0 Å². The van der Waals surface area contributed by atoms with Gasteiger partial charge >= 0.3 is 4.87 Å². The fourth-order valence-electron chi connectivity index (χ4n) is 3.35. The van der Waals surface area contributed by atoms with Crippen LogP contribution >= 0.6 is 11.3 Å². The van der Waals surface area contributed by atoms with Gasteiger partial charge in [-0.15, -0.1) is 0 Å². The summed E-state index contributed by atoms with van der Waals surface area (Å²) in [7, 11) is -2.35. The van der Waals surface area contributed by atoms with Crippen molar-refractivity contribution >= 4 is 31.6 Å². The van der Waals surface area contributed by atoms with Crippen LogP contribution in [0.4, 0.5) is 0 Å². The molecule has 0 aliphatic carbocycles. The van der Waals surface area contributed by atoms with E-state index in [1.807, 2.05) is 38.1 Å². The number of aryl methyl sites for hydroxylation is 2. The van der Waals surface area contributed by atoms with Gasteiger partial charge in [0.1, 0.15) is 0 Å². The lowest BCUT2D eigenvalue weighted by Gasteiger charge is -2.15. The van der Waals surface area contributed by atoms with Gasteiger partial charge in [0, 0.05) is 19.2 Å². The number of hydrogen-bond donors (Lipinski definition) is 0. The smallest absolute Gasteiger partial charge is 0.308 e. The molecule has 0 saturated carbocycles. The lowest BCUT2D eigenvalue weighted by Crippen LogP contribution is -2.26. The summed E-state index contributed by atoms with van der Waals surface area (Å²) in [6.07, 6.45) is 0.823. The molecule has 31 heavy (non-hydrogen) atoms. The Kier molecular flexibility index (Phi) is 5.78. The van der Waals surface area contributed by atoms with Crippen LogP contribution in [0.15, 0.2) is 56.7 Å². The Balaban J connectivity index is 1.59. The third-order valence-corrected chi connectivity index (χ3v) is 7.75. The molecule has 162 valence electrons. The van der Waals surface area contributed by atoms with E-state index in [4.69, 9.17) is 4.52 Å². The topological polar surface area (TPSA) is 98.3 Å². The second-order valence-corrected chi connectivity index (χ2v) is 10.3. The molecule has 0 aliphatic rings. The van der Waals surface area contributed by atoms with Crippen LogP contribution in [-0.4, -0.2) is 34.5 Å². The highest BCUT2D eigenvalue weighted by molar-refractivity contribution is 7.89. The van der Waals surface area contributed by atoms with E-state index in [-0.39, 0.29) is 22.2 Å². The molecule has 0 saturated heterocycles. The van der Waals surface area contributed by atoms with Crippen molar-refractivity contribution in [1.82, 2.24) is 19.0 Å². The normalized spacial score (nSPS) is 12.1. The lowest BCUT2D eigenvalue weighted by atomic mass is 10.1. The molecule has 2 aromatic heterocycles. The monoisotopic (exact) mass is 458 g/mol. The molecule has 8 nitrogen and oxygen atoms in total. The van der Waals surface area contributed by atoms with E-state index in [9.17, 15) is 13.2 Å². The highest BCUT2D eigenvalue weighted by Crippen LogP contribution is 2.25. The summed E-state index contributed by atoms with van der Waals surface area (Å²) in [4.78, 5) is 16.6. The van der Waals surface area contributed by atoms with E-state index in [1.165, 1.54) is 13.1 Å². The first kappa shape index (κ1) is 21.4. The van der Waals surface area contributed by atoms with Gasteiger partial charge in [-0.1, -0.05) is 47.7 Å². The zero-order chi connectivity index (χ0) is 22.2. The molecule has 0 N–H and O–H groups in total. The van der Waals surface area contributed by atoms with Crippen molar-refractivity contribution in [3.05, 3.63) is 63.6 Å². The van der Waals surface area contributed by atoms with E-state index in [2.05, 4.69) is 10.1 Å². The number of aromatic nitrogens is 3. The molecule has 2 aromatic carbocycles. The number of sulfonamides is 1. The molecule has 0 amide bonds. The number of hydrogen-bond acceptors (Lipinski definition) is 7. The van der Waals surface area contributed by atoms with Gasteiger partial charge < -0.3 is 4.52 Å². The Labute approximate surface area is 183 Å². The van der Waals surface area contributed by atoms with Crippen molar-refractivity contribution in [3.8, 4) is 11.4 Å². The van der Waals surface area contributed by atoms with Gasteiger partial charge in [-0.25, -0.2) is 8.42 Å². The predicted octanol–water partition coefficient (Wildman–Crippen LogP) is 3.65. The van der Waals surface area contributed by atoms with Crippen LogP contribution < -0.4 is 4.87 Å². The maximum Gasteiger partial charge on any atom is 0.308 e. The molecule has 0 bridgehead atoms. The second-order valence-electron chi connectivity index (χ2n) is 7.24. The molecule has 0 aliphatic heterocycles. The third-order valence-electron chi connectivity index (χ3n) is 5.01. The quantitative estimate of drug-likeness (QED) is 0.419. The molecule has 4 rings (SSSR count). The summed E-state index contributed by atoms with van der Waals surface area (Å²) in [5.41, 5.74) is 2.58. The van der Waals surface area contributed by atoms with Gasteiger partial charge in [0.05, 0.1) is 21.7 Å². The number of benzene rings is 2. The fraction of sp³-hybridized carbons (Fsp3) is 0.286. The van der Waals surface area contributed by atoms with Crippen molar-refractivity contribution in [2.24, 2.45) is 0 Å². The Morgan fingerprint density at radius 3 is 2.71 bits per heavy atom. The van der Waals surface area contributed by atoms with Crippen LogP contribution in [0.1, 0.15) is 24.8 Å². The van der Waals surface area contributed by atoms with Crippen LogP contribution in [-0.2, 0) is 23.1 Å². The van der Waals surface area contributed by atoms with E-state index in [0.29, 0.717) is 17.1 Å². The van der Waals surface area contributed by atoms with Gasteiger partial charge in [0.2, 0.25) is 21.7 Å². The van der Waals surface area contributed by atoms with Gasteiger partial charge in [-0.3, -0.25) is 9.36 Å². The first-order valence-electron chi connectivity index (χ1n) is 9.79. The van der Waals surface area contributed by atoms with Crippen LogP contribution in [0.2, 0.25) is 0 Å². The van der Waals surface area contributed by atoms with Gasteiger partial charge in [0.15, 0.2) is 0 Å². The summed E-state index contributed by atoms with van der Waals surface area (Å²) in [6, 6.07) is 12.4. The summed E-state index contributed by atoms with van der Waals surface area (Å²) < 4.78 is 34.9. The first-order valence-corrected chi connectivity index (χ1v) is 12.0. The van der Waals surface area contributed by atoms with Crippen LogP contribution in [0.5, 0.6) is 0 Å². The van der Waals surface area contributed by atoms with Crippen molar-refractivity contribution in [2.75, 3.05) is 7.05 Å². The molecule has 0 unspecified atom stereocenters. The molecule has 4 aromatic rings. The molecule has 0 radical (unpaired) electrons. The lowest BCUT2D eigenvalue weighted by molar-refractivity contribution is 0.337. The molecule has 10 heteroatoms. The van der Waals surface area contributed by atoms with Gasteiger partial charge in [0.25, 0.3) is 0 Å². The Hall–Kier alpha value is -2.82. The van der Waals surface area contributed by atoms with E-state index in [1.54, 1.807) is 16.7 Å². The first-order chi connectivity index (χ1) is 14.8. The zero-order valence-corrected chi connectivity index (χ0v) is 19.0. The minimum Gasteiger partial charge on any atom is -0.338 e. The standard InChI is InChI=1S/C21H22N4O4S2/c1-4-11-25-17-10-9-15(12-18(17)30-21(25)26)31(27,28)24(3)13-19-22-20(23-29-19)16-8-6-5-7-14(16)2/h5-10,12H,4,11,13H2,1-3H3. The maximum absolute atomic E-state index is 13.1. The van der Waals surface area contributed by atoms with E-state index in [0.717, 1.165) is 38.7 Å². The molecule has 2 heterocycles. The Bertz CT molecular complexity index is 1400. The van der Waals surface area contributed by atoms with E-state index < -0.39 is 10.0 Å². The summed E-state index contributed by atoms with van der Waals surface area (Å²) >= 11 is 1.05. The predicted molar refractivity (Wildman–Crippen MR) is 119 cm³/mol. The fourth-order valence-corrected chi connectivity index (χ4v) is 5.53. The number of nitrogens with zero attached hydrogens (tertiary/aromatic N) is 4. The SMILES string of the molecule is CCCn1c(=O)sc2cc(S(=O)(=O)N(C)Cc3nc(-c4ccccc4C)no3)ccc21. The van der Waals surface area contributed by atoms with Crippen molar-refractivity contribution in [2.45, 2.75) is 38.3 Å². The van der Waals surface area contributed by atoms with Crippen LogP contribution in [0, 0.1) is 6.92 Å². The zero-order valence-electron chi connectivity index (χ0n) is 17.4. The largest absolute Gasteiger partial charge is 0.338 e. The van der Waals surface area contributed by atoms with Crippen molar-refractivity contribution in [1.29, 1.82) is 0 Å². The van der Waals surface area contributed by atoms with E-state index >= 15 is 0 Å². The summed E-state index contributed by atoms with van der Waals surface area (Å²) in [5, 5.41) is 3.98. The highest BCUT2D eigenvalue weighted by atomic mass is 32.2. The molecule has 0 spiro atoms. The summed E-state index contributed by atoms with van der Waals surface area (Å²) in [6.45, 7) is 4.48. The van der Waals surface area contributed by atoms with Gasteiger partial charge in [-0.2, -0.15) is 9.29 Å².